The molecule has 33 heavy (non-hydrogen) atoms. The van der Waals surface area contributed by atoms with Crippen LogP contribution in [0.15, 0.2) is 73.1 Å². The van der Waals surface area contributed by atoms with Crippen molar-refractivity contribution in [1.82, 2.24) is 19.4 Å². The topological polar surface area (TPSA) is 59.8 Å². The zero-order valence-electron chi connectivity index (χ0n) is 18.2. The van der Waals surface area contributed by atoms with Crippen LogP contribution in [0, 0.1) is 0 Å². The molecule has 6 rings (SSSR count). The predicted octanol–water partition coefficient (Wildman–Crippen LogP) is 3.71. The second-order valence-electron chi connectivity index (χ2n) is 8.41. The number of fused-ring (bicyclic) bond motifs is 2. The number of para-hydroxylation sites is 1. The molecule has 4 aromatic rings. The van der Waals surface area contributed by atoms with Crippen LogP contribution in [0.4, 0.5) is 0 Å². The van der Waals surface area contributed by atoms with Crippen molar-refractivity contribution in [3.8, 4) is 17.2 Å². The molecular formula is C26H24N4O3. The van der Waals surface area contributed by atoms with Crippen molar-refractivity contribution in [3.05, 3.63) is 84.2 Å². The highest BCUT2D eigenvalue weighted by molar-refractivity contribution is 5.97. The minimum absolute atomic E-state index is 0.0638. The van der Waals surface area contributed by atoms with E-state index in [0.29, 0.717) is 18.7 Å². The molecule has 0 saturated carbocycles. The first-order chi connectivity index (χ1) is 16.2. The molecule has 0 radical (unpaired) electrons. The molecule has 3 aromatic carbocycles. The minimum atomic E-state index is 0.0638. The van der Waals surface area contributed by atoms with E-state index in [1.54, 1.807) is 0 Å². The zero-order chi connectivity index (χ0) is 22.2. The van der Waals surface area contributed by atoms with Crippen LogP contribution >= 0.6 is 0 Å². The van der Waals surface area contributed by atoms with E-state index in [-0.39, 0.29) is 12.7 Å². The molecular weight excluding hydrogens is 416 g/mol. The van der Waals surface area contributed by atoms with Crippen molar-refractivity contribution in [1.29, 1.82) is 0 Å². The quantitative estimate of drug-likeness (QED) is 0.484. The fraction of sp³-hybridized carbons (Fsp3) is 0.231. The molecule has 0 N–H and O–H groups in total. The lowest BCUT2D eigenvalue weighted by Crippen LogP contribution is -2.48. The average molecular weight is 441 g/mol. The number of hydrogen-bond acceptors (Lipinski definition) is 5. The number of piperazine rings is 1. The van der Waals surface area contributed by atoms with Gasteiger partial charge in [0.05, 0.1) is 11.0 Å². The Morgan fingerprint density at radius 2 is 1.70 bits per heavy atom. The third kappa shape index (κ3) is 3.81. The fourth-order valence-corrected chi connectivity index (χ4v) is 4.53. The van der Waals surface area contributed by atoms with Crippen LogP contribution in [0.3, 0.4) is 0 Å². The van der Waals surface area contributed by atoms with Gasteiger partial charge in [-0.1, -0.05) is 24.3 Å². The third-order valence-electron chi connectivity index (χ3n) is 6.33. The molecule has 1 fully saturated rings. The molecule has 3 heterocycles. The number of rotatable bonds is 4. The molecule has 0 aliphatic carbocycles. The summed E-state index contributed by atoms with van der Waals surface area (Å²) >= 11 is 0. The lowest BCUT2D eigenvalue weighted by atomic mass is 10.1. The van der Waals surface area contributed by atoms with Crippen molar-refractivity contribution >= 4 is 16.9 Å². The number of nitrogens with zero attached hydrogens (tertiary/aromatic N) is 4. The van der Waals surface area contributed by atoms with Gasteiger partial charge < -0.3 is 14.4 Å². The first-order valence-electron chi connectivity index (χ1n) is 11.2. The summed E-state index contributed by atoms with van der Waals surface area (Å²) in [6, 6.07) is 22.0. The number of hydrogen-bond donors (Lipinski definition) is 0. The van der Waals surface area contributed by atoms with E-state index in [1.165, 1.54) is 5.56 Å². The van der Waals surface area contributed by atoms with E-state index in [2.05, 4.69) is 16.0 Å². The van der Waals surface area contributed by atoms with Gasteiger partial charge in [0.25, 0.3) is 5.91 Å². The zero-order valence-corrected chi connectivity index (χ0v) is 18.2. The Balaban J connectivity index is 1.11. The Bertz CT molecular complexity index is 1310. The Labute approximate surface area is 191 Å². The Kier molecular flexibility index (Phi) is 4.96. The van der Waals surface area contributed by atoms with Crippen LogP contribution in [0.25, 0.3) is 16.7 Å². The van der Waals surface area contributed by atoms with Crippen LogP contribution in [0.5, 0.6) is 11.5 Å². The lowest BCUT2D eigenvalue weighted by Gasteiger charge is -2.34. The summed E-state index contributed by atoms with van der Waals surface area (Å²) < 4.78 is 12.9. The molecule has 1 saturated heterocycles. The fourth-order valence-electron chi connectivity index (χ4n) is 4.53. The highest BCUT2D eigenvalue weighted by atomic mass is 16.7. The van der Waals surface area contributed by atoms with Crippen molar-refractivity contribution in [2.24, 2.45) is 0 Å². The average Bonchev–Trinajstić information content (AvgIpc) is 3.51. The molecule has 1 amide bonds. The van der Waals surface area contributed by atoms with Crippen molar-refractivity contribution in [2.45, 2.75) is 6.54 Å². The van der Waals surface area contributed by atoms with E-state index >= 15 is 0 Å². The first-order valence-corrected chi connectivity index (χ1v) is 11.2. The number of ether oxygens (including phenoxy) is 2. The van der Waals surface area contributed by atoms with Crippen LogP contribution in [0.2, 0.25) is 0 Å². The summed E-state index contributed by atoms with van der Waals surface area (Å²) in [5.41, 5.74) is 4.75. The summed E-state index contributed by atoms with van der Waals surface area (Å²) in [5.74, 6) is 1.68. The maximum atomic E-state index is 13.2. The number of carbonyl (C=O) groups is 1. The van der Waals surface area contributed by atoms with E-state index in [0.717, 1.165) is 47.9 Å². The number of amides is 1. The van der Waals surface area contributed by atoms with Gasteiger partial charge in [-0.25, -0.2) is 4.98 Å². The minimum Gasteiger partial charge on any atom is -0.454 e. The first kappa shape index (κ1) is 19.8. The molecule has 7 heteroatoms. The van der Waals surface area contributed by atoms with Gasteiger partial charge in [-0.15, -0.1) is 0 Å². The monoisotopic (exact) mass is 440 g/mol. The molecule has 2 aliphatic heterocycles. The Morgan fingerprint density at radius 3 is 2.55 bits per heavy atom. The van der Waals surface area contributed by atoms with Gasteiger partial charge >= 0.3 is 0 Å². The third-order valence-corrected chi connectivity index (χ3v) is 6.33. The smallest absolute Gasteiger partial charge is 0.254 e. The maximum absolute atomic E-state index is 13.2. The van der Waals surface area contributed by atoms with Crippen LogP contribution in [0.1, 0.15) is 15.9 Å². The van der Waals surface area contributed by atoms with Gasteiger partial charge in [0.15, 0.2) is 11.5 Å². The Morgan fingerprint density at radius 1 is 0.879 bits per heavy atom. The van der Waals surface area contributed by atoms with Crippen LogP contribution < -0.4 is 9.47 Å². The molecule has 7 nitrogen and oxygen atoms in total. The number of carbonyl (C=O) groups excluding carboxylic acids is 1. The molecule has 0 atom stereocenters. The molecule has 1 aromatic heterocycles. The molecule has 0 bridgehead atoms. The molecule has 0 unspecified atom stereocenters. The summed E-state index contributed by atoms with van der Waals surface area (Å²) in [6.45, 7) is 4.22. The van der Waals surface area contributed by atoms with Gasteiger partial charge in [0.2, 0.25) is 6.79 Å². The summed E-state index contributed by atoms with van der Waals surface area (Å²) in [6.07, 6.45) is 1.81. The van der Waals surface area contributed by atoms with E-state index in [1.807, 2.05) is 76.5 Å². The van der Waals surface area contributed by atoms with E-state index in [9.17, 15) is 4.79 Å². The standard InChI is InChI=1S/C26H24N4O3/c31-26(20-7-8-23-22(15-20)27-17-30(23)21-4-2-1-3-5-21)29-12-10-28(11-13-29)16-19-6-9-24-25(14-19)33-18-32-24/h1-9,14-15,17H,10-13,16,18H2. The number of aromatic nitrogens is 2. The van der Waals surface area contributed by atoms with Crippen molar-refractivity contribution in [3.63, 3.8) is 0 Å². The maximum Gasteiger partial charge on any atom is 0.254 e. The largest absolute Gasteiger partial charge is 0.454 e. The van der Waals surface area contributed by atoms with Crippen molar-refractivity contribution in [2.75, 3.05) is 33.0 Å². The van der Waals surface area contributed by atoms with Crippen molar-refractivity contribution < 1.29 is 14.3 Å². The predicted molar refractivity (Wildman–Crippen MR) is 125 cm³/mol. The van der Waals surface area contributed by atoms with Gasteiger partial charge in [-0.3, -0.25) is 14.3 Å². The Hall–Kier alpha value is -3.84. The second kappa shape index (κ2) is 8.26. The summed E-state index contributed by atoms with van der Waals surface area (Å²) in [4.78, 5) is 22.0. The van der Waals surface area contributed by atoms with Gasteiger partial charge in [-0.2, -0.15) is 0 Å². The van der Waals surface area contributed by atoms with E-state index in [4.69, 9.17) is 9.47 Å². The van der Waals surface area contributed by atoms with Gasteiger partial charge in [0.1, 0.15) is 6.33 Å². The van der Waals surface area contributed by atoms with E-state index < -0.39 is 0 Å². The summed E-state index contributed by atoms with van der Waals surface area (Å²) in [5, 5.41) is 0. The summed E-state index contributed by atoms with van der Waals surface area (Å²) in [7, 11) is 0. The molecule has 0 spiro atoms. The van der Waals surface area contributed by atoms with Crippen LogP contribution in [-0.4, -0.2) is 58.2 Å². The molecule has 166 valence electrons. The second-order valence-corrected chi connectivity index (χ2v) is 8.41. The number of benzene rings is 3. The SMILES string of the molecule is O=C(c1ccc2c(c1)ncn2-c1ccccc1)N1CCN(Cc2ccc3c(c2)OCO3)CC1. The normalized spacial score (nSPS) is 15.8. The highest BCUT2D eigenvalue weighted by Crippen LogP contribution is 2.33. The number of imidazole rings is 1. The lowest BCUT2D eigenvalue weighted by molar-refractivity contribution is 0.0628. The van der Waals surface area contributed by atoms with Gasteiger partial charge in [0, 0.05) is 44.0 Å². The van der Waals surface area contributed by atoms with Gasteiger partial charge in [-0.05, 0) is 48.0 Å². The molecule has 2 aliphatic rings. The van der Waals surface area contributed by atoms with Crippen LogP contribution in [-0.2, 0) is 6.54 Å². The highest BCUT2D eigenvalue weighted by Gasteiger charge is 2.23.